The predicted molar refractivity (Wildman–Crippen MR) is 148 cm³/mol. The number of carbonyl (C=O) groups excluding carboxylic acids is 3. The summed E-state index contributed by atoms with van der Waals surface area (Å²) < 4.78 is 0. The molecule has 3 aliphatic rings. The Morgan fingerprint density at radius 3 is 2.55 bits per heavy atom. The van der Waals surface area contributed by atoms with E-state index in [0.717, 1.165) is 49.5 Å². The standard InChI is InChI=1S/C29H33N5O3.CH2O2/c30-27(35)23(17-7-2-1-3-8-17)22-11-4-5-14-34(22)29(37)24-18-12-13-19(15-18)26(24)32-28(36)21-10-6-9-20-16-31-33-25(20)21;2-1-3/h1-3,6-10,16,18-19,22-24,26H,4-5,11-15H2,(H2,30,35)(H,31,33)(H,32,36);1H,(H,2,3)/t18-,19+,22-,23?,24-,26+;/m0./s1. The summed E-state index contributed by atoms with van der Waals surface area (Å²) in [6.45, 7) is 0.363. The second-order valence-electron chi connectivity index (χ2n) is 11.0. The van der Waals surface area contributed by atoms with Crippen LogP contribution in [-0.4, -0.2) is 63.0 Å². The van der Waals surface area contributed by atoms with Gasteiger partial charge in [-0.15, -0.1) is 0 Å². The van der Waals surface area contributed by atoms with Crippen molar-refractivity contribution in [2.45, 2.75) is 56.5 Å². The number of aromatic nitrogens is 2. The lowest BCUT2D eigenvalue weighted by molar-refractivity contribution is -0.143. The number of piperidine rings is 1. The number of aromatic amines is 1. The molecule has 5 N–H and O–H groups in total. The van der Waals surface area contributed by atoms with Gasteiger partial charge in [-0.05, 0) is 62.0 Å². The van der Waals surface area contributed by atoms with Crippen LogP contribution in [0.25, 0.3) is 10.9 Å². The molecule has 0 radical (unpaired) electrons. The van der Waals surface area contributed by atoms with Crippen molar-refractivity contribution in [1.29, 1.82) is 0 Å². The molecule has 40 heavy (non-hydrogen) atoms. The number of carbonyl (C=O) groups is 4. The van der Waals surface area contributed by atoms with E-state index >= 15 is 0 Å². The molecule has 210 valence electrons. The molecular weight excluding hydrogens is 510 g/mol. The van der Waals surface area contributed by atoms with Gasteiger partial charge in [0.25, 0.3) is 12.4 Å². The highest BCUT2D eigenvalue weighted by atomic mass is 16.3. The van der Waals surface area contributed by atoms with Gasteiger partial charge in [0.2, 0.25) is 11.8 Å². The molecule has 2 heterocycles. The number of primary amides is 1. The summed E-state index contributed by atoms with van der Waals surface area (Å²) in [5.41, 5.74) is 8.02. The molecule has 2 aliphatic carbocycles. The lowest BCUT2D eigenvalue weighted by Gasteiger charge is -2.43. The number of nitrogens with zero attached hydrogens (tertiary/aromatic N) is 2. The third-order valence-corrected chi connectivity index (χ3v) is 8.90. The van der Waals surface area contributed by atoms with Crippen LogP contribution in [0.5, 0.6) is 0 Å². The van der Waals surface area contributed by atoms with Gasteiger partial charge < -0.3 is 21.1 Å². The van der Waals surface area contributed by atoms with E-state index in [-0.39, 0.29) is 48.1 Å². The molecule has 1 saturated heterocycles. The summed E-state index contributed by atoms with van der Waals surface area (Å²) >= 11 is 0. The van der Waals surface area contributed by atoms with E-state index in [1.54, 1.807) is 12.3 Å². The average molecular weight is 546 g/mol. The second kappa shape index (κ2) is 11.9. The fourth-order valence-electron chi connectivity index (χ4n) is 7.25. The van der Waals surface area contributed by atoms with Gasteiger partial charge in [0, 0.05) is 24.0 Å². The van der Waals surface area contributed by atoms with Crippen molar-refractivity contribution in [1.82, 2.24) is 20.4 Å². The van der Waals surface area contributed by atoms with E-state index in [4.69, 9.17) is 15.6 Å². The Kier molecular flexibility index (Phi) is 8.14. The Labute approximate surface area is 232 Å². The van der Waals surface area contributed by atoms with Crippen LogP contribution in [0.4, 0.5) is 0 Å². The largest absolute Gasteiger partial charge is 0.483 e. The van der Waals surface area contributed by atoms with E-state index in [1.807, 2.05) is 47.4 Å². The van der Waals surface area contributed by atoms with Crippen molar-refractivity contribution >= 4 is 35.1 Å². The quantitative estimate of drug-likeness (QED) is 0.349. The first-order chi connectivity index (χ1) is 19.4. The zero-order chi connectivity index (χ0) is 28.2. The number of para-hydroxylation sites is 1. The van der Waals surface area contributed by atoms with Gasteiger partial charge in [-0.2, -0.15) is 5.10 Å². The number of hydrogen-bond donors (Lipinski definition) is 4. The fraction of sp³-hybridized carbons (Fsp3) is 0.433. The Bertz CT molecular complexity index is 1380. The number of likely N-dealkylation sites (tertiary alicyclic amines) is 1. The SMILES string of the molecule is NC(=O)C(c1ccccc1)[C@@H]1CCCCN1C(=O)[C@H]1[C@H]2CC[C@H](C2)[C@H]1NC(=O)c1cccc2cn[nH]c12.O=CO. The van der Waals surface area contributed by atoms with Gasteiger partial charge in [0.05, 0.1) is 29.1 Å². The Morgan fingerprint density at radius 1 is 1.05 bits per heavy atom. The van der Waals surface area contributed by atoms with Gasteiger partial charge in [-0.1, -0.05) is 42.5 Å². The van der Waals surface area contributed by atoms with Crippen LogP contribution in [0.15, 0.2) is 54.7 Å². The average Bonchev–Trinajstić information content (AvgIpc) is 3.71. The van der Waals surface area contributed by atoms with Crippen molar-refractivity contribution in [2.75, 3.05) is 6.54 Å². The summed E-state index contributed by atoms with van der Waals surface area (Å²) in [6, 6.07) is 14.6. The third-order valence-electron chi connectivity index (χ3n) is 8.90. The van der Waals surface area contributed by atoms with Crippen LogP contribution in [0.2, 0.25) is 0 Å². The first-order valence-electron chi connectivity index (χ1n) is 13.9. The zero-order valence-corrected chi connectivity index (χ0v) is 22.2. The molecule has 2 saturated carbocycles. The van der Waals surface area contributed by atoms with Crippen LogP contribution < -0.4 is 11.1 Å². The Hall–Kier alpha value is -4.21. The minimum atomic E-state index is -0.546. The summed E-state index contributed by atoms with van der Waals surface area (Å²) in [6.07, 6.45) is 7.28. The highest BCUT2D eigenvalue weighted by molar-refractivity contribution is 6.05. The van der Waals surface area contributed by atoms with Crippen LogP contribution in [0, 0.1) is 17.8 Å². The topological polar surface area (TPSA) is 158 Å². The van der Waals surface area contributed by atoms with Crippen molar-refractivity contribution in [2.24, 2.45) is 23.5 Å². The first-order valence-corrected chi connectivity index (χ1v) is 13.9. The van der Waals surface area contributed by atoms with E-state index in [0.29, 0.717) is 17.6 Å². The lowest BCUT2D eigenvalue weighted by Crippen LogP contribution is -2.56. The van der Waals surface area contributed by atoms with Crippen molar-refractivity contribution in [3.63, 3.8) is 0 Å². The summed E-state index contributed by atoms with van der Waals surface area (Å²) in [5.74, 6) is -0.820. The molecule has 1 aliphatic heterocycles. The van der Waals surface area contributed by atoms with Gasteiger partial charge in [-0.3, -0.25) is 24.3 Å². The maximum absolute atomic E-state index is 14.3. The number of amides is 3. The van der Waals surface area contributed by atoms with Gasteiger partial charge >= 0.3 is 0 Å². The molecular formula is C30H35N5O5. The maximum atomic E-state index is 14.3. The fourth-order valence-corrected chi connectivity index (χ4v) is 7.25. The van der Waals surface area contributed by atoms with Crippen LogP contribution in [-0.2, 0) is 14.4 Å². The number of carboxylic acid groups (broad SMARTS) is 1. The number of benzene rings is 2. The smallest absolute Gasteiger partial charge is 0.290 e. The summed E-state index contributed by atoms with van der Waals surface area (Å²) in [5, 5.41) is 18.0. The van der Waals surface area contributed by atoms with Crippen molar-refractivity contribution in [3.8, 4) is 0 Å². The summed E-state index contributed by atoms with van der Waals surface area (Å²) in [7, 11) is 0. The molecule has 3 amide bonds. The number of H-pyrrole nitrogens is 1. The molecule has 3 aromatic rings. The number of nitrogens with one attached hydrogen (secondary N) is 2. The van der Waals surface area contributed by atoms with Gasteiger partial charge in [0.15, 0.2) is 0 Å². The van der Waals surface area contributed by atoms with E-state index in [2.05, 4.69) is 15.5 Å². The van der Waals surface area contributed by atoms with Crippen molar-refractivity contribution < 1.29 is 24.3 Å². The molecule has 1 aromatic heterocycles. The van der Waals surface area contributed by atoms with E-state index in [1.165, 1.54) is 0 Å². The third kappa shape index (κ3) is 5.17. The highest BCUT2D eigenvalue weighted by Gasteiger charge is 2.53. The number of fused-ring (bicyclic) bond motifs is 3. The van der Waals surface area contributed by atoms with Gasteiger partial charge in [0.1, 0.15) is 0 Å². The monoisotopic (exact) mass is 545 g/mol. The molecule has 2 bridgehead atoms. The molecule has 6 rings (SSSR count). The normalized spacial score (nSPS) is 26.0. The molecule has 2 aromatic carbocycles. The van der Waals surface area contributed by atoms with Gasteiger partial charge in [-0.25, -0.2) is 0 Å². The summed E-state index contributed by atoms with van der Waals surface area (Å²) in [4.78, 5) is 50.7. The molecule has 0 spiro atoms. The minimum Gasteiger partial charge on any atom is -0.483 e. The first kappa shape index (κ1) is 27.4. The zero-order valence-electron chi connectivity index (χ0n) is 22.2. The Balaban J connectivity index is 0.00000103. The molecule has 10 nitrogen and oxygen atoms in total. The van der Waals surface area contributed by atoms with Crippen LogP contribution in [0.1, 0.15) is 60.4 Å². The Morgan fingerprint density at radius 2 is 1.80 bits per heavy atom. The number of hydrogen-bond acceptors (Lipinski definition) is 5. The highest BCUT2D eigenvalue weighted by Crippen LogP contribution is 2.50. The molecule has 10 heteroatoms. The number of rotatable bonds is 6. The van der Waals surface area contributed by atoms with Crippen molar-refractivity contribution in [3.05, 3.63) is 65.9 Å². The van der Waals surface area contributed by atoms with E-state index in [9.17, 15) is 14.4 Å². The van der Waals surface area contributed by atoms with Crippen LogP contribution >= 0.6 is 0 Å². The maximum Gasteiger partial charge on any atom is 0.290 e. The molecule has 3 fully saturated rings. The minimum absolute atomic E-state index is 0.0594. The lowest BCUT2D eigenvalue weighted by atomic mass is 9.80. The second-order valence-corrected chi connectivity index (χ2v) is 11.0. The van der Waals surface area contributed by atoms with E-state index < -0.39 is 11.8 Å². The predicted octanol–water partition coefficient (Wildman–Crippen LogP) is 3.06. The number of nitrogens with two attached hydrogens (primary N) is 1. The molecule has 1 unspecified atom stereocenters. The molecule has 6 atom stereocenters. The van der Waals surface area contributed by atoms with Crippen LogP contribution in [0.3, 0.4) is 0 Å².